The molecule has 7 heteroatoms. The quantitative estimate of drug-likeness (QED) is 0.207. The summed E-state index contributed by atoms with van der Waals surface area (Å²) in [4.78, 5) is 0.115. The van der Waals surface area contributed by atoms with Crippen molar-refractivity contribution < 1.29 is 42.5 Å². The van der Waals surface area contributed by atoms with E-state index in [1.807, 2.05) is 54.6 Å². The Hall–Kier alpha value is -1.05. The molecule has 0 radical (unpaired) electrons. The van der Waals surface area contributed by atoms with Crippen LogP contribution in [0.3, 0.4) is 0 Å². The van der Waals surface area contributed by atoms with Crippen LogP contribution in [0.1, 0.15) is 96.0 Å². The van der Waals surface area contributed by atoms with E-state index in [9.17, 15) is 13.0 Å². The zero-order valence-electron chi connectivity index (χ0n) is 21.7. The van der Waals surface area contributed by atoms with Crippen molar-refractivity contribution in [3.05, 3.63) is 60.2 Å². The molecule has 0 aliphatic carbocycles. The molecule has 0 aromatic heterocycles. The molecule has 0 saturated heterocycles. The van der Waals surface area contributed by atoms with Gasteiger partial charge in [0.25, 0.3) is 0 Å². The van der Waals surface area contributed by atoms with Crippen LogP contribution in [0.2, 0.25) is 0 Å². The first-order valence-corrected chi connectivity index (χ1v) is 14.5. The molecule has 5 nitrogen and oxygen atoms in total. The van der Waals surface area contributed by atoms with Gasteiger partial charge in [-0.05, 0) is 24.1 Å². The third-order valence-corrected chi connectivity index (χ3v) is 8.28. The van der Waals surface area contributed by atoms with Crippen LogP contribution in [0.4, 0.5) is 11.4 Å². The van der Waals surface area contributed by atoms with Crippen LogP contribution in [0.25, 0.3) is 0 Å². The molecule has 0 bridgehead atoms. The van der Waals surface area contributed by atoms with Crippen molar-refractivity contribution in [3.63, 3.8) is 0 Å². The van der Waals surface area contributed by atoms with Gasteiger partial charge in [-0.2, -0.15) is 0 Å². The van der Waals surface area contributed by atoms with Crippen molar-refractivity contribution in [2.45, 2.75) is 102 Å². The summed E-state index contributed by atoms with van der Waals surface area (Å²) in [6.07, 6.45) is 14.7. The topological polar surface area (TPSA) is 72.5 Å². The van der Waals surface area contributed by atoms with Crippen molar-refractivity contribution in [1.29, 1.82) is 0 Å². The normalized spacial score (nSPS) is 17.0. The number of nitrogens with zero attached hydrogens (tertiary/aromatic N) is 1. The minimum absolute atomic E-state index is 0. The fourth-order valence-electron chi connectivity index (χ4n) is 4.99. The standard InChI is InChI=1S/C28H42N2O3S.Na/c1-2-3-4-5-6-7-8-9-10-11-12-18-23-28(34(31,32)33)29-26-21-16-17-22-27(26)30(28)24-25-19-14-13-15-20-25;/h13-17,19-22,29H,2-12,18,23-24H2,1H3,(H,31,32,33);/q;+1/p-1. The summed E-state index contributed by atoms with van der Waals surface area (Å²) in [5.74, 6) is 0. The Bertz CT molecular complexity index is 971. The molecule has 1 aliphatic heterocycles. The largest absolute Gasteiger partial charge is 1.00 e. The van der Waals surface area contributed by atoms with E-state index in [-0.39, 0.29) is 36.0 Å². The number of para-hydroxylation sites is 2. The zero-order chi connectivity index (χ0) is 24.3. The van der Waals surface area contributed by atoms with Crippen molar-refractivity contribution in [2.24, 2.45) is 0 Å². The van der Waals surface area contributed by atoms with Gasteiger partial charge in [0.2, 0.25) is 4.99 Å². The molecule has 1 N–H and O–H groups in total. The number of hydrogen-bond donors (Lipinski definition) is 1. The van der Waals surface area contributed by atoms with E-state index in [4.69, 9.17) is 0 Å². The fraction of sp³-hybridized carbons (Fsp3) is 0.571. The monoisotopic (exact) mass is 508 g/mol. The predicted molar refractivity (Wildman–Crippen MR) is 141 cm³/mol. The second-order valence-electron chi connectivity index (χ2n) is 9.59. The van der Waals surface area contributed by atoms with Gasteiger partial charge in [0.1, 0.15) is 10.1 Å². The maximum Gasteiger partial charge on any atom is 1.00 e. The van der Waals surface area contributed by atoms with Gasteiger partial charge in [0.15, 0.2) is 0 Å². The molecule has 2 aromatic rings. The van der Waals surface area contributed by atoms with E-state index in [1.165, 1.54) is 57.8 Å². The Morgan fingerprint density at radius 2 is 1.29 bits per heavy atom. The van der Waals surface area contributed by atoms with Gasteiger partial charge in [0, 0.05) is 13.0 Å². The minimum atomic E-state index is -4.65. The minimum Gasteiger partial charge on any atom is -0.745 e. The maximum atomic E-state index is 12.7. The predicted octanol–water partition coefficient (Wildman–Crippen LogP) is 4.41. The van der Waals surface area contributed by atoms with E-state index < -0.39 is 15.1 Å². The van der Waals surface area contributed by atoms with Crippen LogP contribution >= 0.6 is 0 Å². The number of fused-ring (bicyclic) bond motifs is 1. The summed E-state index contributed by atoms with van der Waals surface area (Å²) in [5, 5.41) is 3.12. The van der Waals surface area contributed by atoms with Gasteiger partial charge in [-0.3, -0.25) is 0 Å². The molecule has 0 fully saturated rings. The van der Waals surface area contributed by atoms with Crippen LogP contribution < -0.4 is 39.8 Å². The third-order valence-electron chi connectivity index (χ3n) is 6.93. The molecule has 1 unspecified atom stereocenters. The van der Waals surface area contributed by atoms with Gasteiger partial charge in [-0.1, -0.05) is 120 Å². The molecule has 35 heavy (non-hydrogen) atoms. The molecule has 0 amide bonds. The second-order valence-corrected chi connectivity index (χ2v) is 11.2. The summed E-state index contributed by atoms with van der Waals surface area (Å²) in [6.45, 7) is 2.61. The zero-order valence-corrected chi connectivity index (χ0v) is 24.5. The Balaban J connectivity index is 0.00000432. The van der Waals surface area contributed by atoms with Crippen LogP contribution in [-0.2, 0) is 16.7 Å². The summed E-state index contributed by atoms with van der Waals surface area (Å²) in [7, 11) is -4.65. The van der Waals surface area contributed by atoms with E-state index in [0.29, 0.717) is 18.7 Å². The van der Waals surface area contributed by atoms with Gasteiger partial charge in [-0.25, -0.2) is 8.42 Å². The average Bonchev–Trinajstić information content (AvgIpc) is 3.15. The van der Waals surface area contributed by atoms with E-state index in [2.05, 4.69) is 12.2 Å². The molecule has 3 rings (SSSR count). The molecule has 0 saturated carbocycles. The van der Waals surface area contributed by atoms with E-state index >= 15 is 0 Å². The molecule has 1 heterocycles. The second kappa shape index (κ2) is 15.3. The number of nitrogens with one attached hydrogen (secondary N) is 1. The molecular formula is C28H41N2NaO3S. The van der Waals surface area contributed by atoms with Gasteiger partial charge >= 0.3 is 29.6 Å². The first kappa shape index (κ1) is 30.2. The Morgan fingerprint density at radius 1 is 0.771 bits per heavy atom. The Labute approximate surface area is 235 Å². The van der Waals surface area contributed by atoms with Gasteiger partial charge < -0.3 is 14.8 Å². The summed E-state index contributed by atoms with van der Waals surface area (Å²) < 4.78 is 38.1. The maximum absolute atomic E-state index is 12.7. The molecule has 2 aromatic carbocycles. The first-order chi connectivity index (χ1) is 16.5. The summed E-state index contributed by atoms with van der Waals surface area (Å²) in [5.41, 5.74) is 2.45. The summed E-state index contributed by atoms with van der Waals surface area (Å²) >= 11 is 0. The Morgan fingerprint density at radius 3 is 1.86 bits per heavy atom. The number of hydrogen-bond acceptors (Lipinski definition) is 5. The van der Waals surface area contributed by atoms with Gasteiger partial charge in [0.05, 0.1) is 11.4 Å². The molecular weight excluding hydrogens is 467 g/mol. The van der Waals surface area contributed by atoms with Crippen molar-refractivity contribution >= 4 is 21.5 Å². The molecule has 1 atom stereocenters. The van der Waals surface area contributed by atoms with Crippen LogP contribution in [0.5, 0.6) is 0 Å². The fourth-order valence-corrected chi connectivity index (χ4v) is 6.05. The molecule has 1 aliphatic rings. The molecule has 0 spiro atoms. The third kappa shape index (κ3) is 8.50. The van der Waals surface area contributed by atoms with Crippen molar-refractivity contribution in [2.75, 3.05) is 10.2 Å². The summed E-state index contributed by atoms with van der Waals surface area (Å²) in [6, 6.07) is 17.2. The molecule has 188 valence electrons. The first-order valence-electron chi connectivity index (χ1n) is 13.1. The SMILES string of the molecule is CCCCCCCCCCCCCCC1(S(=O)(=O)[O-])Nc2ccccc2N1Cc1ccccc1.[Na+]. The smallest absolute Gasteiger partial charge is 0.745 e. The van der Waals surface area contributed by atoms with Crippen molar-refractivity contribution in [1.82, 2.24) is 0 Å². The number of rotatable bonds is 16. The number of unbranched alkanes of at least 4 members (excludes halogenated alkanes) is 11. The van der Waals surface area contributed by atoms with E-state index in [0.717, 1.165) is 24.1 Å². The van der Waals surface area contributed by atoms with Gasteiger partial charge in [-0.15, -0.1) is 0 Å². The van der Waals surface area contributed by atoms with Crippen LogP contribution in [-0.4, -0.2) is 18.0 Å². The Kier molecular flexibility index (Phi) is 13.2. The number of anilines is 2. The van der Waals surface area contributed by atoms with E-state index in [1.54, 1.807) is 4.90 Å². The number of benzene rings is 2. The van der Waals surface area contributed by atoms with Crippen LogP contribution in [0, 0.1) is 0 Å². The van der Waals surface area contributed by atoms with Crippen molar-refractivity contribution in [3.8, 4) is 0 Å². The van der Waals surface area contributed by atoms with Crippen LogP contribution in [0.15, 0.2) is 54.6 Å². The average molecular weight is 509 g/mol.